The molecule has 232 valence electrons. The van der Waals surface area contributed by atoms with Gasteiger partial charge in [0.05, 0.1) is 40.2 Å². The van der Waals surface area contributed by atoms with Gasteiger partial charge >= 0.3 is 5.69 Å². The molecule has 15 heteroatoms. The number of sulfone groups is 1. The first-order chi connectivity index (χ1) is 21.3. The Morgan fingerprint density at radius 1 is 1.22 bits per heavy atom. The van der Waals surface area contributed by atoms with Crippen LogP contribution >= 0.6 is 11.6 Å². The zero-order chi connectivity index (χ0) is 32.8. The molecular weight excluding hydrogens is 628 g/mol. The van der Waals surface area contributed by atoms with Gasteiger partial charge in [-0.15, -0.1) is 0 Å². The highest BCUT2D eigenvalue weighted by atomic mass is 35.5. The molecule has 0 saturated carbocycles. The summed E-state index contributed by atoms with van der Waals surface area (Å²) in [5.41, 5.74) is -1.93. The smallest absolute Gasteiger partial charge is 0.349 e. The Hall–Kier alpha value is -4.74. The van der Waals surface area contributed by atoms with Crippen molar-refractivity contribution in [1.29, 1.82) is 5.26 Å². The van der Waals surface area contributed by atoms with Crippen LogP contribution < -0.4 is 10.6 Å². The van der Waals surface area contributed by atoms with Crippen LogP contribution in [0.4, 0.5) is 14.6 Å². The highest BCUT2D eigenvalue weighted by molar-refractivity contribution is 7.90. The van der Waals surface area contributed by atoms with Gasteiger partial charge in [0, 0.05) is 31.6 Å². The number of carbonyl (C=O) groups is 1. The van der Waals surface area contributed by atoms with Gasteiger partial charge in [0.2, 0.25) is 5.91 Å². The molecule has 3 aromatic heterocycles. The van der Waals surface area contributed by atoms with Crippen LogP contribution in [0, 0.1) is 29.9 Å². The fraction of sp³-hybridized carbons (Fsp3) is 0.267. The van der Waals surface area contributed by atoms with E-state index in [0.717, 1.165) is 29.0 Å². The first-order valence-electron chi connectivity index (χ1n) is 13.6. The maximum atomic E-state index is 16.0. The van der Waals surface area contributed by atoms with Gasteiger partial charge in [-0.2, -0.15) is 10.2 Å². The van der Waals surface area contributed by atoms with E-state index in [1.165, 1.54) is 29.3 Å². The number of pyridine rings is 2. The lowest BCUT2D eigenvalue weighted by atomic mass is 10.0. The standard InChI is InChI=1S/C30H26ClF2N7O4S/c1-5-23(41)39-14-17(3)38(15-18(39)9-11-34)27-19-13-22(33)25(24-20(31)7-6-8-21(24)32)36-28(19)40(30(42)37-27)26-16(2)10-12-35-29(26)45(4,43)44/h5-8,10,12-13,17-18H,1,9,14-15H2,2-4H3/t17-,18-/m0/s1. The third-order valence-corrected chi connectivity index (χ3v) is 8.88. The number of aryl methyl sites for hydroxylation is 1. The van der Waals surface area contributed by atoms with E-state index in [-0.39, 0.29) is 58.5 Å². The van der Waals surface area contributed by atoms with Gasteiger partial charge in [-0.05, 0) is 49.8 Å². The summed E-state index contributed by atoms with van der Waals surface area (Å²) in [7, 11) is -4.01. The Morgan fingerprint density at radius 2 is 1.96 bits per heavy atom. The molecule has 1 aromatic carbocycles. The number of halogens is 3. The van der Waals surface area contributed by atoms with E-state index in [1.54, 1.807) is 18.7 Å². The summed E-state index contributed by atoms with van der Waals surface area (Å²) in [6.45, 7) is 7.02. The van der Waals surface area contributed by atoms with Crippen molar-refractivity contribution in [3.05, 3.63) is 81.9 Å². The number of benzene rings is 1. The van der Waals surface area contributed by atoms with Gasteiger partial charge in [0.15, 0.2) is 26.3 Å². The molecule has 0 spiro atoms. The van der Waals surface area contributed by atoms with Crippen molar-refractivity contribution in [2.45, 2.75) is 37.4 Å². The number of anilines is 1. The Morgan fingerprint density at radius 3 is 2.60 bits per heavy atom. The Kier molecular flexibility index (Phi) is 8.43. The third-order valence-electron chi connectivity index (χ3n) is 7.57. The predicted octanol–water partition coefficient (Wildman–Crippen LogP) is 3.99. The minimum absolute atomic E-state index is 0.0166. The Balaban J connectivity index is 1.87. The average Bonchev–Trinajstić information content (AvgIpc) is 2.97. The summed E-state index contributed by atoms with van der Waals surface area (Å²) in [5, 5.41) is 8.86. The van der Waals surface area contributed by atoms with E-state index in [4.69, 9.17) is 11.6 Å². The summed E-state index contributed by atoms with van der Waals surface area (Å²) in [5.74, 6) is -2.26. The summed E-state index contributed by atoms with van der Waals surface area (Å²) >= 11 is 6.26. The summed E-state index contributed by atoms with van der Waals surface area (Å²) < 4.78 is 57.5. The van der Waals surface area contributed by atoms with Crippen LogP contribution in [-0.4, -0.2) is 70.2 Å². The number of hydrogen-bond acceptors (Lipinski definition) is 9. The lowest BCUT2D eigenvalue weighted by Crippen LogP contribution is -2.59. The Bertz CT molecular complexity index is 2080. The monoisotopic (exact) mass is 653 g/mol. The van der Waals surface area contributed by atoms with Gasteiger partial charge < -0.3 is 9.80 Å². The predicted molar refractivity (Wildman–Crippen MR) is 164 cm³/mol. The van der Waals surface area contributed by atoms with Crippen molar-refractivity contribution in [1.82, 2.24) is 24.4 Å². The largest absolute Gasteiger partial charge is 0.355 e. The number of nitrogens with zero attached hydrogens (tertiary/aromatic N) is 7. The van der Waals surface area contributed by atoms with Crippen molar-refractivity contribution in [3.63, 3.8) is 0 Å². The molecule has 0 radical (unpaired) electrons. The van der Waals surface area contributed by atoms with Crippen molar-refractivity contribution in [2.24, 2.45) is 0 Å². The van der Waals surface area contributed by atoms with Crippen LogP contribution in [0.5, 0.6) is 0 Å². The fourth-order valence-electron chi connectivity index (χ4n) is 5.49. The molecule has 2 atom stereocenters. The van der Waals surface area contributed by atoms with Gasteiger partial charge in [0.25, 0.3) is 0 Å². The van der Waals surface area contributed by atoms with Crippen LogP contribution in [0.1, 0.15) is 18.9 Å². The number of carbonyl (C=O) groups excluding carboxylic acids is 1. The molecule has 45 heavy (non-hydrogen) atoms. The highest BCUT2D eigenvalue weighted by Crippen LogP contribution is 2.36. The maximum Gasteiger partial charge on any atom is 0.355 e. The average molecular weight is 654 g/mol. The van der Waals surface area contributed by atoms with E-state index >= 15 is 8.78 Å². The molecule has 1 saturated heterocycles. The van der Waals surface area contributed by atoms with Crippen molar-refractivity contribution < 1.29 is 22.0 Å². The highest BCUT2D eigenvalue weighted by Gasteiger charge is 2.36. The summed E-state index contributed by atoms with van der Waals surface area (Å²) in [4.78, 5) is 42.4. The van der Waals surface area contributed by atoms with Gasteiger partial charge in [-0.25, -0.2) is 36.5 Å². The van der Waals surface area contributed by atoms with Gasteiger partial charge in [0.1, 0.15) is 17.3 Å². The van der Waals surface area contributed by atoms with Crippen LogP contribution in [0.2, 0.25) is 5.02 Å². The van der Waals surface area contributed by atoms with Crippen molar-refractivity contribution in [3.8, 4) is 23.0 Å². The molecule has 1 aliphatic rings. The van der Waals surface area contributed by atoms with Crippen molar-refractivity contribution in [2.75, 3.05) is 24.2 Å². The minimum atomic E-state index is -4.01. The lowest BCUT2D eigenvalue weighted by molar-refractivity contribution is -0.129. The summed E-state index contributed by atoms with van der Waals surface area (Å²) in [6, 6.07) is 7.23. The summed E-state index contributed by atoms with van der Waals surface area (Å²) in [6.07, 6.45) is 3.29. The number of nitriles is 1. The fourth-order valence-corrected chi connectivity index (χ4v) is 6.60. The van der Waals surface area contributed by atoms with E-state index in [2.05, 4.69) is 27.6 Å². The molecule has 5 rings (SSSR count). The van der Waals surface area contributed by atoms with Crippen molar-refractivity contribution >= 4 is 44.2 Å². The van der Waals surface area contributed by atoms with E-state index < -0.39 is 50.0 Å². The number of aromatic nitrogens is 4. The molecule has 0 aliphatic carbocycles. The molecule has 0 bridgehead atoms. The quantitative estimate of drug-likeness (QED) is 0.282. The Labute approximate surface area is 261 Å². The number of hydrogen-bond donors (Lipinski definition) is 0. The number of rotatable bonds is 6. The zero-order valence-corrected chi connectivity index (χ0v) is 25.9. The normalized spacial score (nSPS) is 16.9. The van der Waals surface area contributed by atoms with Gasteiger partial charge in [-0.1, -0.05) is 24.2 Å². The van der Waals surface area contributed by atoms with E-state index in [0.29, 0.717) is 5.56 Å². The number of amides is 1. The minimum Gasteiger partial charge on any atom is -0.349 e. The topological polar surface area (TPSA) is 142 Å². The van der Waals surface area contributed by atoms with E-state index in [1.807, 2.05) is 0 Å². The van der Waals surface area contributed by atoms with Gasteiger partial charge in [-0.3, -0.25) is 4.79 Å². The molecule has 0 N–H and O–H groups in total. The second kappa shape index (κ2) is 12.0. The molecule has 11 nitrogen and oxygen atoms in total. The zero-order valence-electron chi connectivity index (χ0n) is 24.3. The molecule has 1 aliphatic heterocycles. The number of piperazine rings is 1. The first kappa shape index (κ1) is 31.7. The maximum absolute atomic E-state index is 16.0. The SMILES string of the molecule is C=CC(=O)N1C[C@H](C)N(c2nc(=O)n(-c3c(C)ccnc3S(C)(=O)=O)c3nc(-c4c(F)cccc4Cl)c(F)cc23)C[C@@H]1CC#N. The van der Waals surface area contributed by atoms with Crippen LogP contribution in [0.15, 0.2) is 59.0 Å². The molecule has 4 aromatic rings. The molecule has 1 fully saturated rings. The number of fused-ring (bicyclic) bond motifs is 1. The third kappa shape index (κ3) is 5.65. The first-order valence-corrected chi connectivity index (χ1v) is 15.9. The second-order valence-corrected chi connectivity index (χ2v) is 12.9. The molecular formula is C30H26ClF2N7O4S. The molecule has 1 amide bonds. The molecule has 4 heterocycles. The van der Waals surface area contributed by atoms with E-state index in [9.17, 15) is 23.3 Å². The second-order valence-electron chi connectivity index (χ2n) is 10.6. The lowest BCUT2D eigenvalue weighted by Gasteiger charge is -2.45. The van der Waals surface area contributed by atoms with Crippen LogP contribution in [0.25, 0.3) is 28.0 Å². The van der Waals surface area contributed by atoms with Crippen LogP contribution in [-0.2, 0) is 14.6 Å². The molecule has 0 unspecified atom stereocenters. The van der Waals surface area contributed by atoms with Crippen LogP contribution in [0.3, 0.4) is 0 Å².